The second kappa shape index (κ2) is 8.35. The van der Waals surface area contributed by atoms with E-state index in [0.717, 1.165) is 0 Å². The minimum Gasteiger partial charge on any atom is -0.469 e. The number of carbonyl (C=O) groups is 3. The number of hydrogen-bond acceptors (Lipinski definition) is 4. The number of hydrogen-bond donors (Lipinski definition) is 1. The molecule has 8 heteroatoms. The molecule has 6 nitrogen and oxygen atoms in total. The summed E-state index contributed by atoms with van der Waals surface area (Å²) in [6.45, 7) is 0.813. The Hall–Kier alpha value is -1.79. The van der Waals surface area contributed by atoms with Crippen LogP contribution in [-0.2, 0) is 14.3 Å². The van der Waals surface area contributed by atoms with Gasteiger partial charge >= 0.3 is 5.97 Å². The van der Waals surface area contributed by atoms with Crippen molar-refractivity contribution in [3.05, 3.63) is 33.8 Å². The lowest BCUT2D eigenvalue weighted by molar-refractivity contribution is -0.148. The summed E-state index contributed by atoms with van der Waals surface area (Å²) in [6.07, 6.45) is 1.13. The molecule has 1 fully saturated rings. The van der Waals surface area contributed by atoms with E-state index in [1.165, 1.54) is 19.2 Å². The predicted molar refractivity (Wildman–Crippen MR) is 90.1 cm³/mol. The van der Waals surface area contributed by atoms with Gasteiger partial charge in [-0.3, -0.25) is 14.4 Å². The lowest BCUT2D eigenvalue weighted by Gasteiger charge is -2.30. The third-order valence-electron chi connectivity index (χ3n) is 3.96. The Bertz CT molecular complexity index is 643. The third-order valence-corrected chi connectivity index (χ3v) is 4.51. The Morgan fingerprint density at radius 1 is 1.25 bits per heavy atom. The smallest absolute Gasteiger partial charge is 0.308 e. The predicted octanol–water partition coefficient (Wildman–Crippen LogP) is 2.13. The van der Waals surface area contributed by atoms with Crippen molar-refractivity contribution in [2.75, 3.05) is 26.7 Å². The fourth-order valence-electron chi connectivity index (χ4n) is 2.57. The lowest BCUT2D eigenvalue weighted by Crippen LogP contribution is -2.45. The number of halogens is 2. The molecule has 2 amide bonds. The molecule has 1 aliphatic heterocycles. The van der Waals surface area contributed by atoms with Crippen LogP contribution >= 0.6 is 23.2 Å². The largest absolute Gasteiger partial charge is 0.469 e. The number of methoxy groups -OCH3 is 1. The number of benzene rings is 1. The number of likely N-dealkylation sites (tertiary alicyclic amines) is 1. The van der Waals surface area contributed by atoms with Crippen molar-refractivity contribution >= 4 is 41.0 Å². The molecule has 1 aromatic carbocycles. The third kappa shape index (κ3) is 4.61. The topological polar surface area (TPSA) is 75.7 Å². The average Bonchev–Trinajstić information content (AvgIpc) is 2.58. The van der Waals surface area contributed by atoms with Gasteiger partial charge in [0.1, 0.15) is 0 Å². The second-order valence-corrected chi connectivity index (χ2v) is 6.33. The van der Waals surface area contributed by atoms with Crippen molar-refractivity contribution in [1.82, 2.24) is 10.2 Å². The van der Waals surface area contributed by atoms with E-state index in [1.54, 1.807) is 11.0 Å². The van der Waals surface area contributed by atoms with Gasteiger partial charge < -0.3 is 15.0 Å². The molecule has 1 saturated heterocycles. The second-order valence-electron chi connectivity index (χ2n) is 5.49. The summed E-state index contributed by atoms with van der Waals surface area (Å²) in [5.74, 6) is -1.04. The minimum absolute atomic E-state index is 0.124. The highest BCUT2D eigenvalue weighted by molar-refractivity contribution is 6.36. The number of esters is 1. The molecule has 130 valence electrons. The molecule has 0 bridgehead atoms. The highest BCUT2D eigenvalue weighted by Gasteiger charge is 2.27. The van der Waals surface area contributed by atoms with Crippen molar-refractivity contribution in [1.29, 1.82) is 0 Å². The quantitative estimate of drug-likeness (QED) is 0.821. The zero-order valence-corrected chi connectivity index (χ0v) is 14.7. The number of amides is 2. The molecule has 0 spiro atoms. The highest BCUT2D eigenvalue weighted by Crippen LogP contribution is 2.21. The summed E-state index contributed by atoms with van der Waals surface area (Å²) in [5.41, 5.74) is 0.262. The maximum atomic E-state index is 12.2. The van der Waals surface area contributed by atoms with Crippen LogP contribution in [0.25, 0.3) is 0 Å². The molecule has 0 unspecified atom stereocenters. The first-order valence-corrected chi connectivity index (χ1v) is 8.27. The van der Waals surface area contributed by atoms with Gasteiger partial charge in [0.2, 0.25) is 5.91 Å². The van der Waals surface area contributed by atoms with E-state index < -0.39 is 5.91 Å². The van der Waals surface area contributed by atoms with Gasteiger partial charge in [-0.1, -0.05) is 23.2 Å². The SMILES string of the molecule is COC(=O)C1CCN(C(=O)CNC(=O)c2ccc(Cl)cc2Cl)CC1. The Kier molecular flexibility index (Phi) is 6.45. The van der Waals surface area contributed by atoms with Crippen LogP contribution in [0.2, 0.25) is 10.0 Å². The number of carbonyl (C=O) groups excluding carboxylic acids is 3. The van der Waals surface area contributed by atoms with E-state index in [0.29, 0.717) is 31.0 Å². The molecule has 2 rings (SSSR count). The standard InChI is InChI=1S/C16H18Cl2N2O4/c1-24-16(23)10-4-6-20(7-5-10)14(21)9-19-15(22)12-3-2-11(17)8-13(12)18/h2-3,8,10H,4-7,9H2,1H3,(H,19,22). The van der Waals surface area contributed by atoms with Crippen LogP contribution in [0.5, 0.6) is 0 Å². The maximum Gasteiger partial charge on any atom is 0.308 e. The van der Waals surface area contributed by atoms with E-state index in [9.17, 15) is 14.4 Å². The summed E-state index contributed by atoms with van der Waals surface area (Å²) in [5, 5.41) is 3.21. The number of nitrogens with one attached hydrogen (secondary N) is 1. The zero-order chi connectivity index (χ0) is 17.7. The fourth-order valence-corrected chi connectivity index (χ4v) is 3.06. The molecule has 24 heavy (non-hydrogen) atoms. The lowest BCUT2D eigenvalue weighted by atomic mass is 9.97. The van der Waals surface area contributed by atoms with Gasteiger partial charge in [-0.05, 0) is 31.0 Å². The van der Waals surface area contributed by atoms with Crippen LogP contribution in [0.3, 0.4) is 0 Å². The number of rotatable bonds is 4. The van der Waals surface area contributed by atoms with Crippen molar-refractivity contribution in [3.63, 3.8) is 0 Å². The summed E-state index contributed by atoms with van der Waals surface area (Å²) in [6, 6.07) is 4.53. The molecule has 0 radical (unpaired) electrons. The average molecular weight is 373 g/mol. The van der Waals surface area contributed by atoms with E-state index in [4.69, 9.17) is 27.9 Å². The van der Waals surface area contributed by atoms with Crippen molar-refractivity contribution in [2.24, 2.45) is 5.92 Å². The van der Waals surface area contributed by atoms with Gasteiger partial charge in [-0.2, -0.15) is 0 Å². The molecule has 0 aliphatic carbocycles. The first-order valence-electron chi connectivity index (χ1n) is 7.51. The summed E-state index contributed by atoms with van der Waals surface area (Å²) in [7, 11) is 1.36. The fraction of sp³-hybridized carbons (Fsp3) is 0.438. The molecule has 1 N–H and O–H groups in total. The minimum atomic E-state index is -0.436. The molecule has 1 heterocycles. The maximum absolute atomic E-state index is 12.2. The van der Waals surface area contributed by atoms with Gasteiger partial charge in [0.15, 0.2) is 0 Å². The van der Waals surface area contributed by atoms with Crippen molar-refractivity contribution in [2.45, 2.75) is 12.8 Å². The van der Waals surface area contributed by atoms with Gasteiger partial charge in [0.05, 0.1) is 30.2 Å². The molecule has 1 aromatic rings. The summed E-state index contributed by atoms with van der Waals surface area (Å²) < 4.78 is 4.71. The summed E-state index contributed by atoms with van der Waals surface area (Å²) >= 11 is 11.7. The Morgan fingerprint density at radius 2 is 1.92 bits per heavy atom. The molecular formula is C16H18Cl2N2O4. The van der Waals surface area contributed by atoms with Gasteiger partial charge in [0.25, 0.3) is 5.91 Å². The van der Waals surface area contributed by atoms with E-state index in [-0.39, 0.29) is 34.9 Å². The van der Waals surface area contributed by atoms with E-state index in [2.05, 4.69) is 5.32 Å². The molecule has 1 aliphatic rings. The van der Waals surface area contributed by atoms with Gasteiger partial charge in [0, 0.05) is 18.1 Å². The number of nitrogens with zero attached hydrogens (tertiary/aromatic N) is 1. The Labute approximate surface area is 150 Å². The number of ether oxygens (including phenoxy) is 1. The number of piperidine rings is 1. The monoisotopic (exact) mass is 372 g/mol. The zero-order valence-electron chi connectivity index (χ0n) is 13.2. The van der Waals surface area contributed by atoms with Crippen molar-refractivity contribution < 1.29 is 19.1 Å². The first kappa shape index (κ1) is 18.5. The van der Waals surface area contributed by atoms with Crippen molar-refractivity contribution in [3.8, 4) is 0 Å². The van der Waals surface area contributed by atoms with Crippen LogP contribution in [-0.4, -0.2) is 49.4 Å². The van der Waals surface area contributed by atoms with E-state index in [1.807, 2.05) is 0 Å². The van der Waals surface area contributed by atoms with Gasteiger partial charge in [-0.15, -0.1) is 0 Å². The van der Waals surface area contributed by atoms with Crippen LogP contribution in [0.15, 0.2) is 18.2 Å². The highest BCUT2D eigenvalue weighted by atomic mass is 35.5. The summed E-state index contributed by atoms with van der Waals surface area (Å²) in [4.78, 5) is 37.3. The van der Waals surface area contributed by atoms with Crippen LogP contribution in [0, 0.1) is 5.92 Å². The van der Waals surface area contributed by atoms with E-state index >= 15 is 0 Å². The normalized spacial score (nSPS) is 15.0. The van der Waals surface area contributed by atoms with Crippen LogP contribution < -0.4 is 5.32 Å². The first-order chi connectivity index (χ1) is 11.4. The molecule has 0 atom stereocenters. The molecule has 0 aromatic heterocycles. The molecular weight excluding hydrogens is 355 g/mol. The Balaban J connectivity index is 1.83. The molecule has 0 saturated carbocycles. The van der Waals surface area contributed by atoms with Crippen LogP contribution in [0.1, 0.15) is 23.2 Å². The Morgan fingerprint density at radius 3 is 2.50 bits per heavy atom. The van der Waals surface area contributed by atoms with Gasteiger partial charge in [-0.25, -0.2) is 0 Å². The van der Waals surface area contributed by atoms with Crippen LogP contribution in [0.4, 0.5) is 0 Å².